The summed E-state index contributed by atoms with van der Waals surface area (Å²) in [5.41, 5.74) is 11.9. The molecule has 17 heteroatoms. The molecule has 1 aliphatic carbocycles. The molecule has 0 unspecified atom stereocenters. The number of H-pyrrole nitrogens is 1. The third kappa shape index (κ3) is 11.9. The van der Waals surface area contributed by atoms with Crippen LogP contribution in [-0.4, -0.2) is 101 Å². The van der Waals surface area contributed by atoms with Gasteiger partial charge in [-0.1, -0.05) is 97.1 Å². The van der Waals surface area contributed by atoms with Crippen molar-refractivity contribution in [2.75, 3.05) is 18.6 Å². The van der Waals surface area contributed by atoms with Crippen LogP contribution in [0.5, 0.6) is 0 Å². The van der Waals surface area contributed by atoms with Gasteiger partial charge in [0.05, 0.1) is 6.42 Å². The van der Waals surface area contributed by atoms with Gasteiger partial charge in [-0.2, -0.15) is 11.8 Å². The maximum absolute atomic E-state index is 14.2. The molecular formula is C47H51N7O9S. The number of primary amides is 1. The summed E-state index contributed by atoms with van der Waals surface area (Å²) in [6, 6.07) is 25.3. The Hall–Kier alpha value is -7.14. The highest BCUT2D eigenvalue weighted by molar-refractivity contribution is 7.98. The Bertz CT molecular complexity index is 2450. The fraction of sp³-hybridized carbons (Fsp3) is 0.298. The largest absolute Gasteiger partial charge is 0.481 e. The lowest BCUT2D eigenvalue weighted by atomic mass is 9.98. The number of aromatic nitrogens is 1. The lowest BCUT2D eigenvalue weighted by Gasteiger charge is -2.26. The van der Waals surface area contributed by atoms with Crippen molar-refractivity contribution < 1.29 is 43.4 Å². The number of carbonyl (C=O) groups excluding carboxylic acids is 6. The molecule has 1 aliphatic rings. The van der Waals surface area contributed by atoms with Crippen LogP contribution in [0.1, 0.15) is 47.9 Å². The number of carboxylic acid groups (broad SMARTS) is 1. The number of rotatable bonds is 21. The van der Waals surface area contributed by atoms with Crippen molar-refractivity contribution in [3.05, 3.63) is 132 Å². The molecule has 0 spiro atoms. The molecule has 0 radical (unpaired) electrons. The highest BCUT2D eigenvalue weighted by Crippen LogP contribution is 2.44. The van der Waals surface area contributed by atoms with Gasteiger partial charge in [0.15, 0.2) is 0 Å². The molecule has 0 aliphatic heterocycles. The first kappa shape index (κ1) is 46.4. The van der Waals surface area contributed by atoms with Crippen molar-refractivity contribution in [1.29, 1.82) is 0 Å². The zero-order valence-electron chi connectivity index (χ0n) is 35.3. The minimum Gasteiger partial charge on any atom is -0.481 e. The van der Waals surface area contributed by atoms with Crippen LogP contribution in [0.15, 0.2) is 109 Å². The number of aromatic amines is 1. The van der Waals surface area contributed by atoms with Gasteiger partial charge in [-0.3, -0.25) is 28.8 Å². The second-order valence-corrected chi connectivity index (χ2v) is 16.5. The van der Waals surface area contributed by atoms with E-state index >= 15 is 0 Å². The molecule has 9 N–H and O–H groups in total. The highest BCUT2D eigenvalue weighted by Gasteiger charge is 2.34. The molecule has 64 heavy (non-hydrogen) atoms. The fourth-order valence-corrected chi connectivity index (χ4v) is 8.16. The van der Waals surface area contributed by atoms with Crippen molar-refractivity contribution in [3.8, 4) is 11.1 Å². The minimum atomic E-state index is -1.65. The summed E-state index contributed by atoms with van der Waals surface area (Å²) in [6.45, 7) is 1.47. The zero-order chi connectivity index (χ0) is 45.8. The number of ether oxygens (including phenoxy) is 1. The molecule has 1 heterocycles. The highest BCUT2D eigenvalue weighted by atomic mass is 32.2. The number of amides is 6. The first-order chi connectivity index (χ1) is 30.8. The Morgan fingerprint density at radius 3 is 1.91 bits per heavy atom. The summed E-state index contributed by atoms with van der Waals surface area (Å²) in [4.78, 5) is 95.9. The third-order valence-corrected chi connectivity index (χ3v) is 11.6. The van der Waals surface area contributed by atoms with E-state index in [9.17, 15) is 38.7 Å². The normalized spacial score (nSPS) is 14.1. The maximum Gasteiger partial charge on any atom is 0.407 e. The fourth-order valence-electron chi connectivity index (χ4n) is 7.69. The minimum absolute atomic E-state index is 0.0193. The van der Waals surface area contributed by atoms with Crippen molar-refractivity contribution in [2.45, 2.75) is 68.7 Å². The first-order valence-electron chi connectivity index (χ1n) is 20.7. The van der Waals surface area contributed by atoms with E-state index < -0.39 is 78.2 Å². The summed E-state index contributed by atoms with van der Waals surface area (Å²) in [7, 11) is 0. The Morgan fingerprint density at radius 2 is 1.25 bits per heavy atom. The van der Waals surface area contributed by atoms with Gasteiger partial charge in [-0.05, 0) is 64.8 Å². The maximum atomic E-state index is 14.2. The van der Waals surface area contributed by atoms with Gasteiger partial charge < -0.3 is 47.1 Å². The van der Waals surface area contributed by atoms with Crippen molar-refractivity contribution in [2.24, 2.45) is 5.73 Å². The second kappa shape index (κ2) is 21.8. The molecular weight excluding hydrogens is 839 g/mol. The lowest BCUT2D eigenvalue weighted by Crippen LogP contribution is -2.59. The molecule has 0 fully saturated rings. The smallest absolute Gasteiger partial charge is 0.407 e. The number of para-hydroxylation sites is 1. The second-order valence-electron chi connectivity index (χ2n) is 15.5. The molecule has 5 aromatic rings. The number of nitrogens with two attached hydrogens (primary N) is 1. The first-order valence-corrected chi connectivity index (χ1v) is 22.1. The number of thioether (sulfide) groups is 1. The topological polar surface area (TPSA) is 251 Å². The van der Waals surface area contributed by atoms with E-state index in [0.29, 0.717) is 16.9 Å². The van der Waals surface area contributed by atoms with Crippen LogP contribution in [0.2, 0.25) is 0 Å². The van der Waals surface area contributed by atoms with E-state index in [1.54, 1.807) is 42.8 Å². The van der Waals surface area contributed by atoms with E-state index in [1.807, 2.05) is 72.8 Å². The van der Waals surface area contributed by atoms with E-state index in [0.717, 1.165) is 33.2 Å². The summed E-state index contributed by atoms with van der Waals surface area (Å²) in [5.74, 6) is -5.42. The molecule has 5 atom stereocenters. The van der Waals surface area contributed by atoms with E-state index in [1.165, 1.54) is 18.7 Å². The number of fused-ring (bicyclic) bond motifs is 4. The molecule has 6 amide bonds. The molecule has 6 rings (SSSR count). The van der Waals surface area contributed by atoms with Gasteiger partial charge in [-0.15, -0.1) is 0 Å². The quantitative estimate of drug-likeness (QED) is 0.0532. The summed E-state index contributed by atoms with van der Waals surface area (Å²) >= 11 is 1.38. The van der Waals surface area contributed by atoms with Gasteiger partial charge >= 0.3 is 12.1 Å². The molecule has 16 nitrogen and oxygen atoms in total. The van der Waals surface area contributed by atoms with E-state index in [-0.39, 0.29) is 31.8 Å². The van der Waals surface area contributed by atoms with Gasteiger partial charge in [0, 0.05) is 35.9 Å². The third-order valence-electron chi connectivity index (χ3n) is 11.0. The number of benzene rings is 4. The predicted molar refractivity (Wildman–Crippen MR) is 242 cm³/mol. The Morgan fingerprint density at radius 1 is 0.688 bits per heavy atom. The standard InChI is InChI=1S/C47H51N7O9S/c1-27(50-47(62)63-26-35-33-17-8-6-15-31(33)32-16-7-9-18-34(32)35)43(58)53-39(23-29-25-49-36-19-11-10-14-30(29)36)45(60)51-37(20-21-64-2)44(59)54-40(24-41(55)56)46(61)52-38(42(48)57)22-28-12-4-3-5-13-28/h3-19,25,27,35,37-40,49H,20-24,26H2,1-2H3,(H2,48,57)(H,50,62)(H,51,60)(H,52,61)(H,53,58)(H,54,59)(H,55,56)/t27-,37-,38-,39-,40-/m0/s1. The average Bonchev–Trinajstić information content (AvgIpc) is 3.84. The SMILES string of the molecule is CSCC[C@H](NC(=O)[C@H](Cc1c[nH]c2ccccc12)NC(=O)[C@H](C)NC(=O)OCC1c2ccccc2-c2ccccc21)C(=O)N[C@@H](CC(=O)O)C(=O)N[C@@H](Cc1ccccc1)C(N)=O. The van der Waals surface area contributed by atoms with Gasteiger partial charge in [0.1, 0.15) is 36.8 Å². The number of nitrogens with one attached hydrogen (secondary N) is 6. The van der Waals surface area contributed by atoms with Crippen LogP contribution in [0.3, 0.4) is 0 Å². The zero-order valence-corrected chi connectivity index (χ0v) is 36.1. The molecule has 334 valence electrons. The molecule has 4 aromatic carbocycles. The van der Waals surface area contributed by atoms with Gasteiger partial charge in [-0.25, -0.2) is 4.79 Å². The van der Waals surface area contributed by atoms with Gasteiger partial charge in [0.2, 0.25) is 29.5 Å². The lowest BCUT2D eigenvalue weighted by molar-refractivity contribution is -0.141. The van der Waals surface area contributed by atoms with Crippen LogP contribution in [0, 0.1) is 0 Å². The van der Waals surface area contributed by atoms with Gasteiger partial charge in [0.25, 0.3) is 0 Å². The summed E-state index contributed by atoms with van der Waals surface area (Å²) in [5, 5.41) is 23.4. The number of hydrogen-bond acceptors (Lipinski definition) is 9. The van der Waals surface area contributed by atoms with E-state index in [4.69, 9.17) is 10.5 Å². The summed E-state index contributed by atoms with van der Waals surface area (Å²) < 4.78 is 5.65. The number of alkyl carbamates (subject to hydrolysis) is 1. The number of aliphatic carboxylic acids is 1. The van der Waals surface area contributed by atoms with Crippen molar-refractivity contribution >= 4 is 64.3 Å². The molecule has 0 bridgehead atoms. The number of carboxylic acids is 1. The molecule has 1 aromatic heterocycles. The van der Waals surface area contributed by atoms with E-state index in [2.05, 4.69) is 31.6 Å². The van der Waals surface area contributed by atoms with Crippen molar-refractivity contribution in [3.63, 3.8) is 0 Å². The predicted octanol–water partition coefficient (Wildman–Crippen LogP) is 3.53. The van der Waals surface area contributed by atoms with Crippen LogP contribution in [0.4, 0.5) is 4.79 Å². The van der Waals surface area contributed by atoms with Crippen molar-refractivity contribution in [1.82, 2.24) is 31.6 Å². The van der Waals surface area contributed by atoms with Crippen LogP contribution in [0.25, 0.3) is 22.0 Å². The summed E-state index contributed by atoms with van der Waals surface area (Å²) in [6.07, 6.45) is 1.87. The Balaban J connectivity index is 1.14. The molecule has 0 saturated carbocycles. The van der Waals surface area contributed by atoms with Crippen LogP contribution >= 0.6 is 11.8 Å². The number of hydrogen-bond donors (Lipinski definition) is 8. The molecule has 0 saturated heterocycles. The number of carbonyl (C=O) groups is 7. The Labute approximate surface area is 373 Å². The van der Waals surface area contributed by atoms with Crippen LogP contribution < -0.4 is 32.3 Å². The average molecular weight is 890 g/mol. The van der Waals surface area contributed by atoms with Crippen LogP contribution in [-0.2, 0) is 46.3 Å². The monoisotopic (exact) mass is 889 g/mol. The Kier molecular flexibility index (Phi) is 15.8.